The van der Waals surface area contributed by atoms with E-state index in [9.17, 15) is 0 Å². The maximum Gasteiger partial charge on any atom is 0.177 e. The minimum Gasteiger partial charge on any atom is -0.256 e. The third-order valence-electron chi connectivity index (χ3n) is 4.93. The standard InChI is InChI=1S/C24H19N5S/c1-2-18-6-3-4-8-22(18)30-16-20-10-12-23-26-27-24(29(23)28-20)15-17-9-11-21-19(14-17)7-5-13-25-21/h2-14H,1,15-16H2. The lowest BCUT2D eigenvalue weighted by Gasteiger charge is -2.06. The highest BCUT2D eigenvalue weighted by Crippen LogP contribution is 2.26. The molecule has 0 unspecified atom stereocenters. The normalized spacial score (nSPS) is 11.2. The number of nitrogens with zero attached hydrogens (tertiary/aromatic N) is 5. The first-order chi connectivity index (χ1) is 14.8. The first-order valence-corrected chi connectivity index (χ1v) is 10.7. The molecule has 0 saturated heterocycles. The average molecular weight is 410 g/mol. The summed E-state index contributed by atoms with van der Waals surface area (Å²) in [4.78, 5) is 5.58. The van der Waals surface area contributed by atoms with E-state index in [1.54, 1.807) is 11.8 Å². The smallest absolute Gasteiger partial charge is 0.177 e. The third-order valence-corrected chi connectivity index (χ3v) is 6.05. The number of aromatic nitrogens is 5. The first-order valence-electron chi connectivity index (χ1n) is 9.68. The van der Waals surface area contributed by atoms with Gasteiger partial charge in [-0.05, 0) is 47.5 Å². The summed E-state index contributed by atoms with van der Waals surface area (Å²) in [5.74, 6) is 1.59. The van der Waals surface area contributed by atoms with Crippen molar-refractivity contribution in [2.24, 2.45) is 0 Å². The molecule has 5 aromatic rings. The summed E-state index contributed by atoms with van der Waals surface area (Å²) >= 11 is 1.75. The Morgan fingerprint density at radius 2 is 1.90 bits per heavy atom. The number of benzene rings is 2. The Morgan fingerprint density at radius 1 is 0.967 bits per heavy atom. The Morgan fingerprint density at radius 3 is 2.83 bits per heavy atom. The van der Waals surface area contributed by atoms with Crippen molar-refractivity contribution in [2.45, 2.75) is 17.1 Å². The molecule has 0 amide bonds. The van der Waals surface area contributed by atoms with E-state index in [1.807, 2.05) is 53.2 Å². The fourth-order valence-corrected chi connectivity index (χ4v) is 4.36. The van der Waals surface area contributed by atoms with Crippen LogP contribution in [0, 0.1) is 0 Å². The van der Waals surface area contributed by atoms with Crippen molar-refractivity contribution in [3.05, 3.63) is 102 Å². The van der Waals surface area contributed by atoms with Crippen LogP contribution in [-0.2, 0) is 12.2 Å². The van der Waals surface area contributed by atoms with Crippen molar-refractivity contribution in [3.63, 3.8) is 0 Å². The topological polar surface area (TPSA) is 56.0 Å². The average Bonchev–Trinajstić information content (AvgIpc) is 3.19. The Balaban J connectivity index is 1.40. The Kier molecular flexibility index (Phi) is 4.99. The van der Waals surface area contributed by atoms with Gasteiger partial charge in [-0.25, -0.2) is 0 Å². The van der Waals surface area contributed by atoms with Gasteiger partial charge in [-0.1, -0.05) is 43.0 Å². The maximum absolute atomic E-state index is 4.80. The van der Waals surface area contributed by atoms with Gasteiger partial charge in [0.15, 0.2) is 11.5 Å². The first kappa shape index (κ1) is 18.5. The quantitative estimate of drug-likeness (QED) is 0.361. The molecule has 5 rings (SSSR count). The molecule has 5 nitrogen and oxygen atoms in total. The molecule has 0 aliphatic rings. The molecule has 146 valence electrons. The molecule has 6 heteroatoms. The molecule has 0 saturated carbocycles. The van der Waals surface area contributed by atoms with E-state index in [2.05, 4.69) is 52.1 Å². The van der Waals surface area contributed by atoms with Gasteiger partial charge in [-0.2, -0.15) is 9.61 Å². The largest absolute Gasteiger partial charge is 0.256 e. The number of hydrogen-bond donors (Lipinski definition) is 0. The van der Waals surface area contributed by atoms with E-state index in [-0.39, 0.29) is 0 Å². The molecule has 0 radical (unpaired) electrons. The molecule has 3 aromatic heterocycles. The Labute approximate surface area is 178 Å². The molecule has 0 aliphatic heterocycles. The summed E-state index contributed by atoms with van der Waals surface area (Å²) in [6, 6.07) is 22.5. The van der Waals surface area contributed by atoms with E-state index in [4.69, 9.17) is 5.10 Å². The fourth-order valence-electron chi connectivity index (χ4n) is 3.41. The van der Waals surface area contributed by atoms with Crippen LogP contribution in [0.15, 0.2) is 84.4 Å². The number of fused-ring (bicyclic) bond motifs is 2. The molecule has 0 spiro atoms. The predicted molar refractivity (Wildman–Crippen MR) is 121 cm³/mol. The summed E-state index contributed by atoms with van der Waals surface area (Å²) in [7, 11) is 0. The maximum atomic E-state index is 4.80. The van der Waals surface area contributed by atoms with Crippen molar-refractivity contribution in [1.29, 1.82) is 0 Å². The van der Waals surface area contributed by atoms with Gasteiger partial charge in [-0.3, -0.25) is 4.98 Å². The lowest BCUT2D eigenvalue weighted by Crippen LogP contribution is -2.02. The van der Waals surface area contributed by atoms with E-state index in [0.29, 0.717) is 6.42 Å². The van der Waals surface area contributed by atoms with Gasteiger partial charge in [-0.15, -0.1) is 22.0 Å². The highest BCUT2D eigenvalue weighted by Gasteiger charge is 2.10. The molecule has 0 fully saturated rings. The van der Waals surface area contributed by atoms with E-state index >= 15 is 0 Å². The van der Waals surface area contributed by atoms with E-state index in [0.717, 1.165) is 44.9 Å². The Bertz CT molecular complexity index is 1360. The summed E-state index contributed by atoms with van der Waals surface area (Å²) in [6.45, 7) is 3.90. The zero-order valence-electron chi connectivity index (χ0n) is 16.3. The lowest BCUT2D eigenvalue weighted by molar-refractivity contribution is 0.818. The SMILES string of the molecule is C=Cc1ccccc1SCc1ccc2nnc(Cc3ccc4ncccc4c3)n2n1. The van der Waals surface area contributed by atoms with Crippen LogP contribution < -0.4 is 0 Å². The molecule has 30 heavy (non-hydrogen) atoms. The van der Waals surface area contributed by atoms with Crippen LogP contribution in [0.1, 0.15) is 22.6 Å². The van der Waals surface area contributed by atoms with Crippen LogP contribution in [-0.4, -0.2) is 24.8 Å². The van der Waals surface area contributed by atoms with Crippen LogP contribution in [0.5, 0.6) is 0 Å². The van der Waals surface area contributed by atoms with Crippen molar-refractivity contribution in [2.75, 3.05) is 0 Å². The Hall–Kier alpha value is -3.51. The lowest BCUT2D eigenvalue weighted by atomic mass is 10.1. The van der Waals surface area contributed by atoms with Crippen molar-refractivity contribution < 1.29 is 0 Å². The number of pyridine rings is 1. The third kappa shape index (κ3) is 3.69. The van der Waals surface area contributed by atoms with Crippen molar-refractivity contribution in [3.8, 4) is 0 Å². The molecule has 0 atom stereocenters. The highest BCUT2D eigenvalue weighted by atomic mass is 32.2. The van der Waals surface area contributed by atoms with Crippen LogP contribution in [0.4, 0.5) is 0 Å². The van der Waals surface area contributed by atoms with Crippen molar-refractivity contribution >= 4 is 34.4 Å². The van der Waals surface area contributed by atoms with Crippen molar-refractivity contribution in [1.82, 2.24) is 24.8 Å². The monoisotopic (exact) mass is 409 g/mol. The fraction of sp³-hybridized carbons (Fsp3) is 0.0833. The number of rotatable bonds is 6. The molecule has 2 aromatic carbocycles. The van der Waals surface area contributed by atoms with Gasteiger partial charge in [0.25, 0.3) is 0 Å². The summed E-state index contributed by atoms with van der Waals surface area (Å²) in [5.41, 5.74) is 5.03. The van der Waals surface area contributed by atoms with Crippen LogP contribution in [0.25, 0.3) is 22.6 Å². The molecular formula is C24H19N5S. The van der Waals surface area contributed by atoms with Crippen LogP contribution in [0.3, 0.4) is 0 Å². The number of thioether (sulfide) groups is 1. The van der Waals surface area contributed by atoms with Gasteiger partial charge >= 0.3 is 0 Å². The zero-order valence-corrected chi connectivity index (χ0v) is 17.1. The number of hydrogen-bond acceptors (Lipinski definition) is 5. The van der Waals surface area contributed by atoms with E-state index < -0.39 is 0 Å². The second-order valence-corrected chi connectivity index (χ2v) is 7.97. The van der Waals surface area contributed by atoms with E-state index in [1.165, 1.54) is 4.90 Å². The van der Waals surface area contributed by atoms with Crippen LogP contribution in [0.2, 0.25) is 0 Å². The molecule has 0 aliphatic carbocycles. The summed E-state index contributed by atoms with van der Waals surface area (Å²) in [5, 5.41) is 14.6. The molecule has 0 bridgehead atoms. The van der Waals surface area contributed by atoms with Gasteiger partial charge in [0.2, 0.25) is 0 Å². The summed E-state index contributed by atoms with van der Waals surface area (Å²) < 4.78 is 1.85. The second kappa shape index (κ2) is 8.08. The minimum absolute atomic E-state index is 0.662. The van der Waals surface area contributed by atoms with Crippen LogP contribution >= 0.6 is 11.8 Å². The van der Waals surface area contributed by atoms with Gasteiger partial charge in [0.05, 0.1) is 11.2 Å². The van der Waals surface area contributed by atoms with Gasteiger partial charge in [0, 0.05) is 28.7 Å². The molecule has 0 N–H and O–H groups in total. The molecule has 3 heterocycles. The van der Waals surface area contributed by atoms with Gasteiger partial charge < -0.3 is 0 Å². The predicted octanol–water partition coefficient (Wildman–Crippen LogP) is 5.20. The zero-order chi connectivity index (χ0) is 20.3. The summed E-state index contributed by atoms with van der Waals surface area (Å²) in [6.07, 6.45) is 4.36. The molecular weight excluding hydrogens is 390 g/mol. The highest BCUT2D eigenvalue weighted by molar-refractivity contribution is 7.98. The van der Waals surface area contributed by atoms with Gasteiger partial charge in [0.1, 0.15) is 0 Å². The second-order valence-electron chi connectivity index (χ2n) is 6.95. The minimum atomic E-state index is 0.662.